The molecule has 0 aliphatic heterocycles. The van der Waals surface area contributed by atoms with Crippen molar-refractivity contribution in [3.63, 3.8) is 0 Å². The van der Waals surface area contributed by atoms with Gasteiger partial charge in [0.1, 0.15) is 6.04 Å². The fourth-order valence-corrected chi connectivity index (χ4v) is 5.52. The Bertz CT molecular complexity index is 1790. The molecule has 3 aromatic heterocycles. The van der Waals surface area contributed by atoms with Crippen LogP contribution in [0.2, 0.25) is 0 Å². The molecule has 8 heteroatoms. The fourth-order valence-electron chi connectivity index (χ4n) is 5.52. The molecule has 0 bridgehead atoms. The second-order valence-electron chi connectivity index (χ2n) is 10.7. The minimum Gasteiger partial charge on any atom is -0.321 e. The van der Waals surface area contributed by atoms with Crippen LogP contribution in [-0.2, 0) is 26.1 Å². The third kappa shape index (κ3) is 5.89. The number of hydrogen-bond acceptors (Lipinski definition) is 6. The monoisotopic (exact) mass is 555 g/mol. The third-order valence-electron chi connectivity index (χ3n) is 7.73. The largest absolute Gasteiger partial charge is 0.321 e. The second-order valence-corrected chi connectivity index (χ2v) is 10.7. The van der Waals surface area contributed by atoms with Crippen molar-refractivity contribution in [3.8, 4) is 0 Å². The molecule has 6 rings (SSSR count). The van der Waals surface area contributed by atoms with Gasteiger partial charge in [-0.25, -0.2) is 4.68 Å². The van der Waals surface area contributed by atoms with Crippen LogP contribution in [0.1, 0.15) is 45.2 Å². The first-order chi connectivity index (χ1) is 20.6. The number of aromatic amines is 1. The Morgan fingerprint density at radius 1 is 0.833 bits per heavy atom. The Labute approximate surface area is 244 Å². The van der Waals surface area contributed by atoms with Gasteiger partial charge in [-0.15, -0.1) is 5.10 Å². The minimum atomic E-state index is -0.524. The Morgan fingerprint density at radius 3 is 2.26 bits per heavy atom. The van der Waals surface area contributed by atoms with Crippen LogP contribution in [0.3, 0.4) is 0 Å². The number of fused-ring (bicyclic) bond motifs is 1. The van der Waals surface area contributed by atoms with E-state index in [1.807, 2.05) is 72.4 Å². The highest BCUT2D eigenvalue weighted by molar-refractivity contribution is 5.85. The lowest BCUT2D eigenvalue weighted by molar-refractivity contribution is 0.193. The van der Waals surface area contributed by atoms with E-state index >= 15 is 0 Å². The summed E-state index contributed by atoms with van der Waals surface area (Å²) in [6, 6.07) is 30.2. The van der Waals surface area contributed by atoms with Crippen LogP contribution >= 0.6 is 0 Å². The van der Waals surface area contributed by atoms with E-state index in [9.17, 15) is 4.79 Å². The maximum atomic E-state index is 14.0. The molecule has 0 radical (unpaired) electrons. The Morgan fingerprint density at radius 2 is 1.52 bits per heavy atom. The maximum absolute atomic E-state index is 14.0. The lowest BCUT2D eigenvalue weighted by Gasteiger charge is -2.31. The summed E-state index contributed by atoms with van der Waals surface area (Å²) in [5.41, 5.74) is 6.78. The van der Waals surface area contributed by atoms with Crippen molar-refractivity contribution in [1.29, 1.82) is 0 Å². The van der Waals surface area contributed by atoms with E-state index in [2.05, 4.69) is 73.7 Å². The van der Waals surface area contributed by atoms with Crippen LogP contribution in [-0.4, -0.2) is 35.1 Å². The molecule has 0 spiro atoms. The number of benzene rings is 3. The SMILES string of the molecule is Cc1ccc(C)c2[nH]c(=O)c([C@H](c3nnnn3CCc3ccccc3)N(Cc3ccccc3)Cc3cccnc3)cc12. The maximum Gasteiger partial charge on any atom is 0.253 e. The molecule has 0 saturated heterocycles. The molecule has 0 amide bonds. The van der Waals surface area contributed by atoms with Gasteiger partial charge in [-0.1, -0.05) is 78.9 Å². The molecule has 3 heterocycles. The number of hydrogen-bond donors (Lipinski definition) is 1. The van der Waals surface area contributed by atoms with Crippen LogP contribution in [0, 0.1) is 13.8 Å². The summed E-state index contributed by atoms with van der Waals surface area (Å²) in [5, 5.41) is 14.1. The zero-order chi connectivity index (χ0) is 28.9. The topological polar surface area (TPSA) is 92.6 Å². The van der Waals surface area contributed by atoms with Gasteiger partial charge in [0.2, 0.25) is 0 Å². The van der Waals surface area contributed by atoms with E-state index in [1.54, 1.807) is 6.20 Å². The van der Waals surface area contributed by atoms with E-state index in [0.29, 0.717) is 31.0 Å². The van der Waals surface area contributed by atoms with Gasteiger partial charge in [0.15, 0.2) is 5.82 Å². The average Bonchev–Trinajstić information content (AvgIpc) is 3.48. The van der Waals surface area contributed by atoms with Crippen LogP contribution in [0.25, 0.3) is 10.9 Å². The standard InChI is InChI=1S/C34H33N7O/c1-24-15-16-25(2)31-29(24)20-30(34(42)36-31)32(33-37-38-39-41(33)19-17-26-10-5-3-6-11-26)40(22-27-12-7-4-8-13-27)23-28-14-9-18-35-21-28/h3-16,18,20-21,32H,17,19,22-23H2,1-2H3,(H,36,42)/t32-/m1/s1. The molecule has 0 aliphatic carbocycles. The lowest BCUT2D eigenvalue weighted by Crippen LogP contribution is -2.35. The summed E-state index contributed by atoms with van der Waals surface area (Å²) in [5.74, 6) is 0.626. The summed E-state index contributed by atoms with van der Waals surface area (Å²) < 4.78 is 1.84. The highest BCUT2D eigenvalue weighted by atomic mass is 16.1. The molecule has 6 aromatic rings. The Hall–Kier alpha value is -4.95. The smallest absolute Gasteiger partial charge is 0.253 e. The van der Waals surface area contributed by atoms with E-state index < -0.39 is 6.04 Å². The van der Waals surface area contributed by atoms with Crippen molar-refractivity contribution in [2.75, 3.05) is 0 Å². The van der Waals surface area contributed by atoms with Crippen LogP contribution in [0.5, 0.6) is 0 Å². The Kier molecular flexibility index (Phi) is 7.96. The summed E-state index contributed by atoms with van der Waals surface area (Å²) in [4.78, 5) is 23.8. The molecule has 8 nitrogen and oxygen atoms in total. The van der Waals surface area contributed by atoms with Crippen molar-refractivity contribution in [3.05, 3.63) is 153 Å². The lowest BCUT2D eigenvalue weighted by atomic mass is 9.98. The van der Waals surface area contributed by atoms with Gasteiger partial charge < -0.3 is 4.98 Å². The number of H-pyrrole nitrogens is 1. The number of pyridine rings is 2. The molecule has 3 aromatic carbocycles. The first kappa shape index (κ1) is 27.2. The number of nitrogens with one attached hydrogen (secondary N) is 1. The summed E-state index contributed by atoms with van der Waals surface area (Å²) in [7, 11) is 0. The first-order valence-corrected chi connectivity index (χ1v) is 14.2. The van der Waals surface area contributed by atoms with Crippen LogP contribution in [0.4, 0.5) is 0 Å². The number of aromatic nitrogens is 6. The molecule has 0 fully saturated rings. The molecule has 0 unspecified atom stereocenters. The van der Waals surface area contributed by atoms with Crippen molar-refractivity contribution in [1.82, 2.24) is 35.1 Å². The summed E-state index contributed by atoms with van der Waals surface area (Å²) in [6.07, 6.45) is 4.40. The molecular weight excluding hydrogens is 522 g/mol. The Balaban J connectivity index is 1.51. The molecule has 42 heavy (non-hydrogen) atoms. The van der Waals surface area contributed by atoms with Gasteiger partial charge in [-0.3, -0.25) is 14.7 Å². The molecule has 1 atom stereocenters. The van der Waals surface area contributed by atoms with Gasteiger partial charge in [-0.05, 0) is 70.6 Å². The van der Waals surface area contributed by atoms with Gasteiger partial charge in [0.25, 0.3) is 5.56 Å². The average molecular weight is 556 g/mol. The van der Waals surface area contributed by atoms with Crippen molar-refractivity contribution in [2.45, 2.75) is 45.9 Å². The van der Waals surface area contributed by atoms with E-state index in [0.717, 1.165) is 39.6 Å². The molecule has 210 valence electrons. The second kappa shape index (κ2) is 12.3. The summed E-state index contributed by atoms with van der Waals surface area (Å²) in [6.45, 7) is 5.79. The predicted molar refractivity (Wildman–Crippen MR) is 164 cm³/mol. The van der Waals surface area contributed by atoms with E-state index in [1.165, 1.54) is 5.56 Å². The fraction of sp³-hybridized carbons (Fsp3) is 0.206. The van der Waals surface area contributed by atoms with E-state index in [4.69, 9.17) is 0 Å². The minimum absolute atomic E-state index is 0.150. The van der Waals surface area contributed by atoms with Crippen LogP contribution < -0.4 is 5.56 Å². The molecule has 0 aliphatic rings. The first-order valence-electron chi connectivity index (χ1n) is 14.2. The van der Waals surface area contributed by atoms with Crippen molar-refractivity contribution >= 4 is 10.9 Å². The number of nitrogens with zero attached hydrogens (tertiary/aromatic N) is 6. The van der Waals surface area contributed by atoms with E-state index in [-0.39, 0.29) is 5.56 Å². The third-order valence-corrected chi connectivity index (χ3v) is 7.73. The predicted octanol–water partition coefficient (Wildman–Crippen LogP) is 5.56. The highest BCUT2D eigenvalue weighted by Crippen LogP contribution is 2.31. The van der Waals surface area contributed by atoms with Gasteiger partial charge in [0.05, 0.1) is 5.52 Å². The van der Waals surface area contributed by atoms with Crippen LogP contribution in [0.15, 0.2) is 108 Å². The van der Waals surface area contributed by atoms with Gasteiger partial charge in [-0.2, -0.15) is 0 Å². The van der Waals surface area contributed by atoms with Gasteiger partial charge in [0, 0.05) is 43.0 Å². The van der Waals surface area contributed by atoms with Crippen molar-refractivity contribution in [2.24, 2.45) is 0 Å². The number of aryl methyl sites for hydroxylation is 4. The zero-order valence-corrected chi connectivity index (χ0v) is 23.8. The zero-order valence-electron chi connectivity index (χ0n) is 23.8. The summed E-state index contributed by atoms with van der Waals surface area (Å²) >= 11 is 0. The van der Waals surface area contributed by atoms with Crippen molar-refractivity contribution < 1.29 is 0 Å². The molecule has 1 N–H and O–H groups in total. The molecule has 0 saturated carbocycles. The molecular formula is C34H33N7O. The number of rotatable bonds is 10. The highest BCUT2D eigenvalue weighted by Gasteiger charge is 2.31. The number of tetrazole rings is 1. The van der Waals surface area contributed by atoms with Gasteiger partial charge >= 0.3 is 0 Å². The normalized spacial score (nSPS) is 12.2. The quantitative estimate of drug-likeness (QED) is 0.238.